The molecule has 1 aliphatic rings. The number of hydrogen-bond donors (Lipinski definition) is 1. The van der Waals surface area contributed by atoms with E-state index in [1.54, 1.807) is 4.90 Å². The highest BCUT2D eigenvalue weighted by Crippen LogP contribution is 2.15. The average molecular weight is 284 g/mol. The second-order valence-electron chi connectivity index (χ2n) is 5.03. The molecule has 2 rings (SSSR count). The molecule has 0 spiro atoms. The molecule has 1 amide bonds. The number of carbonyl (C=O) groups is 1. The topological polar surface area (TPSA) is 41.6 Å². The van der Waals surface area contributed by atoms with Crippen LogP contribution in [0.15, 0.2) is 18.2 Å². The molecule has 1 aromatic carbocycles. The summed E-state index contributed by atoms with van der Waals surface area (Å²) in [4.78, 5) is 13.7. The summed E-state index contributed by atoms with van der Waals surface area (Å²) >= 11 is 0. The van der Waals surface area contributed by atoms with Crippen molar-refractivity contribution in [2.75, 3.05) is 25.0 Å². The third kappa shape index (κ3) is 3.66. The molecule has 0 aliphatic carbocycles. The molecule has 0 saturated carbocycles. The zero-order valence-electron chi connectivity index (χ0n) is 11.5. The summed E-state index contributed by atoms with van der Waals surface area (Å²) in [7, 11) is 0. The van der Waals surface area contributed by atoms with Gasteiger partial charge in [-0.15, -0.1) is 0 Å². The van der Waals surface area contributed by atoms with Crippen molar-refractivity contribution in [3.63, 3.8) is 0 Å². The normalized spacial score (nSPS) is 22.7. The number of carbonyl (C=O) groups excluding carboxylic acids is 1. The Hall–Kier alpha value is -1.69. The summed E-state index contributed by atoms with van der Waals surface area (Å²) in [5.41, 5.74) is -0.00675. The Bertz CT molecular complexity index is 486. The van der Waals surface area contributed by atoms with Gasteiger partial charge in [0.25, 0.3) is 0 Å². The molecule has 20 heavy (non-hydrogen) atoms. The van der Waals surface area contributed by atoms with E-state index in [1.165, 1.54) is 0 Å². The van der Waals surface area contributed by atoms with Gasteiger partial charge < -0.3 is 15.0 Å². The van der Waals surface area contributed by atoms with E-state index in [2.05, 4.69) is 5.32 Å². The summed E-state index contributed by atoms with van der Waals surface area (Å²) in [6.07, 6.45) is -0.0396. The van der Waals surface area contributed by atoms with Gasteiger partial charge in [-0.1, -0.05) is 0 Å². The van der Waals surface area contributed by atoms with Gasteiger partial charge in [0.2, 0.25) is 5.91 Å². The Balaban J connectivity index is 1.93. The van der Waals surface area contributed by atoms with Crippen LogP contribution in [0.1, 0.15) is 13.8 Å². The number of benzene rings is 1. The molecule has 6 heteroatoms. The van der Waals surface area contributed by atoms with Crippen molar-refractivity contribution in [3.05, 3.63) is 29.8 Å². The Labute approximate surface area is 116 Å². The van der Waals surface area contributed by atoms with Crippen LogP contribution in [-0.4, -0.2) is 42.6 Å². The van der Waals surface area contributed by atoms with Gasteiger partial charge in [-0.3, -0.25) is 4.79 Å². The van der Waals surface area contributed by atoms with Crippen LogP contribution in [0.2, 0.25) is 0 Å². The minimum Gasteiger partial charge on any atom is -0.374 e. The Morgan fingerprint density at radius 1 is 1.35 bits per heavy atom. The van der Waals surface area contributed by atoms with E-state index in [1.807, 2.05) is 13.8 Å². The molecular formula is C14H18F2N2O2. The molecule has 0 aromatic heterocycles. The molecule has 1 fully saturated rings. The predicted octanol–water partition coefficient (Wildman–Crippen LogP) is 2.01. The van der Waals surface area contributed by atoms with Crippen LogP contribution in [0.5, 0.6) is 0 Å². The van der Waals surface area contributed by atoms with Gasteiger partial charge in [-0.25, -0.2) is 8.78 Å². The zero-order valence-corrected chi connectivity index (χ0v) is 11.5. The van der Waals surface area contributed by atoms with Crippen molar-refractivity contribution >= 4 is 11.6 Å². The van der Waals surface area contributed by atoms with Crippen LogP contribution in [0, 0.1) is 11.6 Å². The average Bonchev–Trinajstić information content (AvgIpc) is 2.38. The number of ether oxygens (including phenoxy) is 1. The SMILES string of the molecule is CC1CN(C(=O)CNc2cc(F)ccc2F)CC(C)O1. The predicted molar refractivity (Wildman–Crippen MR) is 71.4 cm³/mol. The smallest absolute Gasteiger partial charge is 0.242 e. The van der Waals surface area contributed by atoms with E-state index in [0.717, 1.165) is 18.2 Å². The van der Waals surface area contributed by atoms with E-state index in [4.69, 9.17) is 4.74 Å². The number of morpholine rings is 1. The monoisotopic (exact) mass is 284 g/mol. The second-order valence-corrected chi connectivity index (χ2v) is 5.03. The maximum absolute atomic E-state index is 13.4. The van der Waals surface area contributed by atoms with Gasteiger partial charge >= 0.3 is 0 Å². The van der Waals surface area contributed by atoms with Crippen molar-refractivity contribution in [1.29, 1.82) is 0 Å². The van der Waals surface area contributed by atoms with Gasteiger partial charge in [-0.2, -0.15) is 0 Å². The number of nitrogens with zero attached hydrogens (tertiary/aromatic N) is 1. The number of amides is 1. The van der Waals surface area contributed by atoms with Gasteiger partial charge in [0.05, 0.1) is 24.4 Å². The summed E-state index contributed by atoms with van der Waals surface area (Å²) < 4.78 is 32.0. The minimum absolute atomic E-state index is 0.00675. The highest BCUT2D eigenvalue weighted by molar-refractivity contribution is 5.81. The molecule has 1 aromatic rings. The van der Waals surface area contributed by atoms with Gasteiger partial charge in [0.1, 0.15) is 11.6 Å². The van der Waals surface area contributed by atoms with Crippen LogP contribution in [0.25, 0.3) is 0 Å². The van der Waals surface area contributed by atoms with Crippen molar-refractivity contribution < 1.29 is 18.3 Å². The van der Waals surface area contributed by atoms with Crippen LogP contribution in [0.4, 0.5) is 14.5 Å². The molecule has 110 valence electrons. The van der Waals surface area contributed by atoms with Crippen LogP contribution in [0.3, 0.4) is 0 Å². The molecule has 1 saturated heterocycles. The van der Waals surface area contributed by atoms with E-state index in [9.17, 15) is 13.6 Å². The molecule has 0 radical (unpaired) electrons. The molecule has 1 heterocycles. The first-order valence-corrected chi connectivity index (χ1v) is 6.58. The minimum atomic E-state index is -0.581. The number of nitrogens with one attached hydrogen (secondary N) is 1. The largest absolute Gasteiger partial charge is 0.374 e. The van der Waals surface area contributed by atoms with Gasteiger partial charge in [0.15, 0.2) is 0 Å². The quantitative estimate of drug-likeness (QED) is 0.923. The van der Waals surface area contributed by atoms with Crippen LogP contribution >= 0.6 is 0 Å². The number of anilines is 1. The Morgan fingerprint density at radius 2 is 2.00 bits per heavy atom. The maximum Gasteiger partial charge on any atom is 0.242 e. The third-order valence-corrected chi connectivity index (χ3v) is 3.13. The fraction of sp³-hybridized carbons (Fsp3) is 0.500. The van der Waals surface area contributed by atoms with Gasteiger partial charge in [0, 0.05) is 13.1 Å². The molecule has 1 N–H and O–H groups in total. The summed E-state index contributed by atoms with van der Waals surface area (Å²) in [5, 5.41) is 2.63. The highest BCUT2D eigenvalue weighted by atomic mass is 19.1. The van der Waals surface area contributed by atoms with Crippen molar-refractivity contribution in [2.24, 2.45) is 0 Å². The van der Waals surface area contributed by atoms with E-state index < -0.39 is 11.6 Å². The first-order chi connectivity index (χ1) is 9.45. The molecule has 1 aliphatic heterocycles. The molecular weight excluding hydrogens is 266 g/mol. The number of halogens is 2. The summed E-state index contributed by atoms with van der Waals surface area (Å²) in [5.74, 6) is -1.28. The molecule has 4 nitrogen and oxygen atoms in total. The summed E-state index contributed by atoms with van der Waals surface area (Å²) in [6, 6.07) is 3.10. The van der Waals surface area contributed by atoms with Crippen molar-refractivity contribution in [3.8, 4) is 0 Å². The van der Waals surface area contributed by atoms with Gasteiger partial charge in [-0.05, 0) is 32.0 Å². The van der Waals surface area contributed by atoms with Crippen LogP contribution in [-0.2, 0) is 9.53 Å². The lowest BCUT2D eigenvalue weighted by atomic mass is 10.2. The lowest BCUT2D eigenvalue weighted by Crippen LogP contribution is -2.49. The zero-order chi connectivity index (χ0) is 14.7. The first-order valence-electron chi connectivity index (χ1n) is 6.58. The van der Waals surface area contributed by atoms with Crippen molar-refractivity contribution in [2.45, 2.75) is 26.1 Å². The summed E-state index contributed by atoms with van der Waals surface area (Å²) in [6.45, 7) is 4.75. The van der Waals surface area contributed by atoms with Crippen molar-refractivity contribution in [1.82, 2.24) is 4.90 Å². The second kappa shape index (κ2) is 6.17. The Kier molecular flexibility index (Phi) is 4.54. The molecule has 0 bridgehead atoms. The lowest BCUT2D eigenvalue weighted by molar-refractivity contribution is -0.141. The maximum atomic E-state index is 13.4. The molecule has 2 atom stereocenters. The van der Waals surface area contributed by atoms with E-state index >= 15 is 0 Å². The molecule has 2 unspecified atom stereocenters. The first kappa shape index (κ1) is 14.7. The Morgan fingerprint density at radius 3 is 2.65 bits per heavy atom. The van der Waals surface area contributed by atoms with E-state index in [0.29, 0.717) is 13.1 Å². The number of rotatable bonds is 3. The van der Waals surface area contributed by atoms with Crippen LogP contribution < -0.4 is 5.32 Å². The number of hydrogen-bond acceptors (Lipinski definition) is 3. The lowest BCUT2D eigenvalue weighted by Gasteiger charge is -2.35. The highest BCUT2D eigenvalue weighted by Gasteiger charge is 2.25. The fourth-order valence-corrected chi connectivity index (χ4v) is 2.30. The fourth-order valence-electron chi connectivity index (χ4n) is 2.30. The van der Waals surface area contributed by atoms with E-state index in [-0.39, 0.29) is 30.3 Å². The third-order valence-electron chi connectivity index (χ3n) is 3.13. The standard InChI is InChI=1S/C14H18F2N2O2/c1-9-7-18(8-10(2)20-9)14(19)6-17-13-5-11(15)3-4-12(13)16/h3-5,9-10,17H,6-8H2,1-2H3.